The molecule has 4 heterocycles. The Balaban J connectivity index is 1.53. The van der Waals surface area contributed by atoms with Gasteiger partial charge in [-0.05, 0) is 0 Å². The van der Waals surface area contributed by atoms with Crippen molar-refractivity contribution in [3.63, 3.8) is 0 Å². The lowest BCUT2D eigenvalue weighted by Gasteiger charge is -2.39. The van der Waals surface area contributed by atoms with Gasteiger partial charge in [0.25, 0.3) is 0 Å². The monoisotopic (exact) mass is 684 g/mol. The van der Waals surface area contributed by atoms with E-state index in [1.807, 2.05) is 94.1 Å². The molecular weight excluding hydrogens is 645 g/mol. The van der Waals surface area contributed by atoms with E-state index in [9.17, 15) is 0 Å². The van der Waals surface area contributed by atoms with Crippen molar-refractivity contribution in [2.24, 2.45) is 0 Å². The summed E-state index contributed by atoms with van der Waals surface area (Å²) in [5, 5.41) is 0. The Labute approximate surface area is 269 Å². The summed E-state index contributed by atoms with van der Waals surface area (Å²) < 4.78 is 27.2. The van der Waals surface area contributed by atoms with Crippen LogP contribution in [-0.2, 0) is 18.9 Å². The van der Waals surface area contributed by atoms with Crippen LogP contribution in [-0.4, -0.2) is 110 Å². The molecular formula is C27H40O4S8. The van der Waals surface area contributed by atoms with Crippen LogP contribution >= 0.6 is 94.1 Å². The topological polar surface area (TPSA) is 36.9 Å². The fourth-order valence-corrected chi connectivity index (χ4v) is 13.1. The van der Waals surface area contributed by atoms with Crippen LogP contribution < -0.4 is 0 Å². The molecule has 220 valence electrons. The van der Waals surface area contributed by atoms with Crippen molar-refractivity contribution in [3.8, 4) is 0 Å². The van der Waals surface area contributed by atoms with E-state index in [4.69, 9.17) is 18.9 Å². The predicted octanol–water partition coefficient (Wildman–Crippen LogP) is 7.20. The maximum atomic E-state index is 6.98. The second-order valence-electron chi connectivity index (χ2n) is 9.79. The molecule has 0 aromatic rings. The largest absolute Gasteiger partial charge is 0.361 e. The number of rotatable bonds is 10. The van der Waals surface area contributed by atoms with Crippen LogP contribution in [0.3, 0.4) is 0 Å². The third kappa shape index (κ3) is 12.3. The zero-order valence-corrected chi connectivity index (χ0v) is 29.0. The molecule has 4 fully saturated rings. The summed E-state index contributed by atoms with van der Waals surface area (Å²) in [6.45, 7) is 17.5. The third-order valence-corrected chi connectivity index (χ3v) is 16.2. The molecule has 4 aliphatic heterocycles. The summed E-state index contributed by atoms with van der Waals surface area (Å²) >= 11 is 14.8. The molecule has 0 aliphatic carbocycles. The molecule has 0 amide bonds. The van der Waals surface area contributed by atoms with Crippen molar-refractivity contribution in [1.29, 1.82) is 0 Å². The second kappa shape index (κ2) is 17.8. The van der Waals surface area contributed by atoms with Gasteiger partial charge in [0, 0.05) is 69.0 Å². The summed E-state index contributed by atoms with van der Waals surface area (Å²) in [4.78, 5) is 0. The average Bonchev–Trinajstić information content (AvgIpc) is 3.42. The maximum absolute atomic E-state index is 6.98. The van der Waals surface area contributed by atoms with E-state index in [2.05, 4.69) is 26.3 Å². The molecule has 0 aromatic heterocycles. The molecule has 0 spiro atoms. The van der Waals surface area contributed by atoms with E-state index in [1.165, 1.54) is 22.3 Å². The molecule has 0 radical (unpaired) electrons. The highest BCUT2D eigenvalue weighted by Crippen LogP contribution is 2.37. The van der Waals surface area contributed by atoms with E-state index in [1.54, 1.807) is 0 Å². The first-order valence-electron chi connectivity index (χ1n) is 12.9. The Morgan fingerprint density at radius 1 is 0.487 bits per heavy atom. The molecule has 0 N–H and O–H groups in total. The van der Waals surface area contributed by atoms with Crippen LogP contribution in [0.1, 0.15) is 0 Å². The van der Waals surface area contributed by atoms with Crippen LogP contribution in [0.4, 0.5) is 0 Å². The van der Waals surface area contributed by atoms with Crippen LogP contribution in [0.15, 0.2) is 48.6 Å². The molecule has 39 heavy (non-hydrogen) atoms. The number of ether oxygens (including phenoxy) is 4. The second-order valence-corrected chi connectivity index (χ2v) is 18.5. The highest BCUT2D eigenvalue weighted by molar-refractivity contribution is 8.05. The van der Waals surface area contributed by atoms with Gasteiger partial charge in [0.2, 0.25) is 5.79 Å². The lowest BCUT2D eigenvalue weighted by molar-refractivity contribution is -0.290. The molecule has 4 unspecified atom stereocenters. The van der Waals surface area contributed by atoms with Gasteiger partial charge in [0.15, 0.2) is 0 Å². The zero-order chi connectivity index (χ0) is 27.5. The molecule has 12 heteroatoms. The van der Waals surface area contributed by atoms with E-state index in [-0.39, 0.29) is 21.7 Å². The van der Waals surface area contributed by atoms with Crippen molar-refractivity contribution >= 4 is 94.1 Å². The van der Waals surface area contributed by atoms with E-state index >= 15 is 0 Å². The Kier molecular flexibility index (Phi) is 15.3. The van der Waals surface area contributed by atoms with E-state index in [0.717, 1.165) is 69.0 Å². The van der Waals surface area contributed by atoms with Crippen LogP contribution in [0.2, 0.25) is 0 Å². The first kappa shape index (κ1) is 33.5. The van der Waals surface area contributed by atoms with Gasteiger partial charge in [-0.3, -0.25) is 0 Å². The third-order valence-electron chi connectivity index (χ3n) is 5.80. The average molecular weight is 685 g/mol. The van der Waals surface area contributed by atoms with Crippen molar-refractivity contribution < 1.29 is 18.9 Å². The SMILES string of the molecule is C=C1CSCC(OCC(COC2CSCC(=C)CS2)(OC2CSCC(=C)CS2)OC2CSCC(=C)CS2)SC1. The van der Waals surface area contributed by atoms with Crippen molar-refractivity contribution in [1.82, 2.24) is 0 Å². The van der Waals surface area contributed by atoms with Crippen LogP contribution in [0.25, 0.3) is 0 Å². The standard InChI is InChI=1S/C27H40O4S8/c1-19-5-32-13-23(36-9-19)28-17-27(30-25-15-34-7-21(3)11-38-25,31-26-16-35-8-22(4)12-39-26)18-29-24-14-33-6-20(2)10-37-24/h23-26H,1-18H2. The normalized spacial score (nSPS) is 31.6. The lowest BCUT2D eigenvalue weighted by atomic mass is 10.3. The maximum Gasteiger partial charge on any atom is 0.218 e. The van der Waals surface area contributed by atoms with Gasteiger partial charge in [-0.25, -0.2) is 0 Å². The molecule has 4 atom stereocenters. The highest BCUT2D eigenvalue weighted by Gasteiger charge is 2.42. The minimum Gasteiger partial charge on any atom is -0.361 e. The quantitative estimate of drug-likeness (QED) is 0.173. The molecule has 0 bridgehead atoms. The smallest absolute Gasteiger partial charge is 0.218 e. The van der Waals surface area contributed by atoms with Gasteiger partial charge in [-0.15, -0.1) is 47.0 Å². The van der Waals surface area contributed by atoms with Gasteiger partial charge in [0.1, 0.15) is 35.0 Å². The van der Waals surface area contributed by atoms with Crippen molar-refractivity contribution in [3.05, 3.63) is 48.6 Å². The summed E-state index contributed by atoms with van der Waals surface area (Å²) in [6.07, 6.45) is 0. The molecule has 4 aliphatic rings. The minimum absolute atomic E-state index is 0.0216. The minimum atomic E-state index is -1.00. The van der Waals surface area contributed by atoms with E-state index < -0.39 is 5.79 Å². The van der Waals surface area contributed by atoms with Crippen LogP contribution in [0.5, 0.6) is 0 Å². The van der Waals surface area contributed by atoms with Crippen LogP contribution in [0, 0.1) is 0 Å². The fourth-order valence-electron chi connectivity index (χ4n) is 3.85. The van der Waals surface area contributed by atoms with E-state index in [0.29, 0.717) is 13.2 Å². The Morgan fingerprint density at radius 2 is 0.795 bits per heavy atom. The molecule has 0 aromatic carbocycles. The van der Waals surface area contributed by atoms with Gasteiger partial charge in [0.05, 0.1) is 0 Å². The summed E-state index contributed by atoms with van der Waals surface area (Å²) in [5.74, 6) is 10.2. The first-order valence-corrected chi connectivity index (χ1v) is 21.7. The molecule has 4 nitrogen and oxygen atoms in total. The first-order chi connectivity index (χ1) is 18.9. The Morgan fingerprint density at radius 3 is 1.15 bits per heavy atom. The summed E-state index contributed by atoms with van der Waals surface area (Å²) in [5.41, 5.74) is 5.13. The van der Waals surface area contributed by atoms with Gasteiger partial charge >= 0.3 is 0 Å². The van der Waals surface area contributed by atoms with Crippen molar-refractivity contribution in [2.45, 2.75) is 27.5 Å². The zero-order valence-electron chi connectivity index (χ0n) is 22.4. The number of thioether (sulfide) groups is 8. The Bertz CT molecular complexity index is 788. The molecule has 4 saturated heterocycles. The highest BCUT2D eigenvalue weighted by atomic mass is 32.2. The fraction of sp³-hybridized carbons (Fsp3) is 0.704. The summed E-state index contributed by atoms with van der Waals surface area (Å²) in [6, 6.07) is 0. The molecule has 0 saturated carbocycles. The van der Waals surface area contributed by atoms with Gasteiger partial charge in [-0.2, -0.15) is 47.0 Å². The number of hydrogen-bond acceptors (Lipinski definition) is 12. The molecule has 4 rings (SSSR count). The lowest BCUT2D eigenvalue weighted by Crippen LogP contribution is -2.51. The summed E-state index contributed by atoms with van der Waals surface area (Å²) in [7, 11) is 0. The number of hydrogen-bond donors (Lipinski definition) is 0. The van der Waals surface area contributed by atoms with Gasteiger partial charge < -0.3 is 18.9 Å². The predicted molar refractivity (Wildman–Crippen MR) is 188 cm³/mol. The van der Waals surface area contributed by atoms with Crippen molar-refractivity contribution in [2.75, 3.05) is 82.2 Å². The van der Waals surface area contributed by atoms with Gasteiger partial charge in [-0.1, -0.05) is 48.6 Å². The Hall–Kier alpha value is 1.60.